The molecule has 6 nitrogen and oxygen atoms in total. The van der Waals surface area contributed by atoms with Crippen LogP contribution >= 0.6 is 0 Å². The molecule has 0 atom stereocenters. The standard InChI is InChI=1S/C12H12N2O4/c1-3-18-12(15)13-5-4-9-6-8(2)10(14(16)17)7-11(9)13/h4-7H,3H2,1-2H3. The lowest BCUT2D eigenvalue weighted by molar-refractivity contribution is -0.385. The number of nitro benzene ring substituents is 1. The number of aryl methyl sites for hydroxylation is 1. The minimum absolute atomic E-state index is 0.00764. The molecule has 1 aromatic carbocycles. The summed E-state index contributed by atoms with van der Waals surface area (Å²) in [5.74, 6) is 0. The quantitative estimate of drug-likeness (QED) is 0.605. The number of nitro groups is 1. The lowest BCUT2D eigenvalue weighted by atomic mass is 10.1. The summed E-state index contributed by atoms with van der Waals surface area (Å²) >= 11 is 0. The molecule has 1 aromatic heterocycles. The largest absolute Gasteiger partial charge is 0.449 e. The Hall–Kier alpha value is -2.37. The lowest BCUT2D eigenvalue weighted by Gasteiger charge is -2.04. The Morgan fingerprint density at radius 1 is 1.50 bits per heavy atom. The van der Waals surface area contributed by atoms with Gasteiger partial charge >= 0.3 is 6.09 Å². The first-order valence-corrected chi connectivity index (χ1v) is 5.47. The molecule has 0 spiro atoms. The van der Waals surface area contributed by atoms with E-state index in [0.29, 0.717) is 11.1 Å². The number of carbonyl (C=O) groups is 1. The number of aromatic nitrogens is 1. The van der Waals surface area contributed by atoms with Crippen molar-refractivity contribution in [1.29, 1.82) is 0 Å². The molecule has 0 aliphatic carbocycles. The first kappa shape index (κ1) is 12.1. The van der Waals surface area contributed by atoms with E-state index in [4.69, 9.17) is 4.74 Å². The van der Waals surface area contributed by atoms with Crippen LogP contribution in [0.15, 0.2) is 24.4 Å². The second-order valence-electron chi connectivity index (χ2n) is 3.84. The molecule has 0 N–H and O–H groups in total. The molecule has 0 fully saturated rings. The van der Waals surface area contributed by atoms with Gasteiger partial charge in [0.1, 0.15) is 0 Å². The van der Waals surface area contributed by atoms with Crippen molar-refractivity contribution in [3.05, 3.63) is 40.1 Å². The van der Waals surface area contributed by atoms with Gasteiger partial charge in [-0.25, -0.2) is 4.79 Å². The van der Waals surface area contributed by atoms with E-state index in [2.05, 4.69) is 0 Å². The average molecular weight is 248 g/mol. The molecular formula is C12H12N2O4. The molecule has 94 valence electrons. The van der Waals surface area contributed by atoms with E-state index in [-0.39, 0.29) is 12.3 Å². The summed E-state index contributed by atoms with van der Waals surface area (Å²) in [6.45, 7) is 3.63. The average Bonchev–Trinajstić information content (AvgIpc) is 2.70. The smallest absolute Gasteiger partial charge is 0.418 e. The fraction of sp³-hybridized carbons (Fsp3) is 0.250. The summed E-state index contributed by atoms with van der Waals surface area (Å²) < 4.78 is 6.15. The van der Waals surface area contributed by atoms with Crippen LogP contribution in [-0.2, 0) is 4.74 Å². The minimum Gasteiger partial charge on any atom is -0.449 e. The number of carbonyl (C=O) groups excluding carboxylic acids is 1. The van der Waals surface area contributed by atoms with Crippen molar-refractivity contribution in [3.63, 3.8) is 0 Å². The maximum Gasteiger partial charge on any atom is 0.418 e. The number of hydrogen-bond donors (Lipinski definition) is 0. The molecule has 0 unspecified atom stereocenters. The van der Waals surface area contributed by atoms with Gasteiger partial charge in [-0.2, -0.15) is 0 Å². The Morgan fingerprint density at radius 3 is 2.83 bits per heavy atom. The molecule has 0 bridgehead atoms. The molecule has 18 heavy (non-hydrogen) atoms. The van der Waals surface area contributed by atoms with Crippen LogP contribution in [0.2, 0.25) is 0 Å². The minimum atomic E-state index is -0.536. The fourth-order valence-corrected chi connectivity index (χ4v) is 1.83. The molecule has 0 amide bonds. The summed E-state index contributed by atoms with van der Waals surface area (Å²) in [4.78, 5) is 22.1. The predicted octanol–water partition coefficient (Wildman–Crippen LogP) is 2.86. The van der Waals surface area contributed by atoms with Gasteiger partial charge in [0.2, 0.25) is 0 Å². The Kier molecular flexibility index (Phi) is 3.01. The Balaban J connectivity index is 2.61. The van der Waals surface area contributed by atoms with Crippen molar-refractivity contribution in [3.8, 4) is 0 Å². The van der Waals surface area contributed by atoms with Gasteiger partial charge in [0.05, 0.1) is 17.0 Å². The number of benzene rings is 1. The van der Waals surface area contributed by atoms with E-state index < -0.39 is 11.0 Å². The highest BCUT2D eigenvalue weighted by atomic mass is 16.6. The Bertz CT molecular complexity index is 630. The van der Waals surface area contributed by atoms with Gasteiger partial charge in [0.25, 0.3) is 5.69 Å². The van der Waals surface area contributed by atoms with Crippen LogP contribution in [0.25, 0.3) is 10.9 Å². The topological polar surface area (TPSA) is 74.4 Å². The van der Waals surface area contributed by atoms with Gasteiger partial charge < -0.3 is 4.74 Å². The number of rotatable bonds is 2. The van der Waals surface area contributed by atoms with E-state index in [1.807, 2.05) is 0 Å². The van der Waals surface area contributed by atoms with Crippen molar-refractivity contribution < 1.29 is 14.5 Å². The number of nitrogens with zero attached hydrogens (tertiary/aromatic N) is 2. The number of ether oxygens (including phenoxy) is 1. The zero-order valence-electron chi connectivity index (χ0n) is 10.0. The lowest BCUT2D eigenvalue weighted by Crippen LogP contribution is -2.12. The van der Waals surface area contributed by atoms with Gasteiger partial charge in [0.15, 0.2) is 0 Å². The summed E-state index contributed by atoms with van der Waals surface area (Å²) in [6, 6.07) is 4.80. The molecule has 0 aliphatic heterocycles. The van der Waals surface area contributed by atoms with Crippen molar-refractivity contribution in [1.82, 2.24) is 4.57 Å². The van der Waals surface area contributed by atoms with Crippen LogP contribution in [0.3, 0.4) is 0 Å². The maximum absolute atomic E-state index is 11.7. The first-order chi connectivity index (χ1) is 8.54. The van der Waals surface area contributed by atoms with E-state index in [1.54, 1.807) is 32.2 Å². The zero-order valence-corrected chi connectivity index (χ0v) is 10.0. The van der Waals surface area contributed by atoms with Gasteiger partial charge in [-0.05, 0) is 26.0 Å². The molecule has 1 heterocycles. The summed E-state index contributed by atoms with van der Waals surface area (Å²) in [5, 5.41) is 11.6. The van der Waals surface area contributed by atoms with Crippen molar-refractivity contribution in [2.75, 3.05) is 6.61 Å². The maximum atomic E-state index is 11.7. The predicted molar refractivity (Wildman–Crippen MR) is 65.7 cm³/mol. The number of fused-ring (bicyclic) bond motifs is 1. The molecule has 2 rings (SSSR count). The van der Waals surface area contributed by atoms with Gasteiger partial charge in [-0.15, -0.1) is 0 Å². The molecule has 0 saturated carbocycles. The first-order valence-electron chi connectivity index (χ1n) is 5.47. The Morgan fingerprint density at radius 2 is 2.22 bits per heavy atom. The monoisotopic (exact) mass is 248 g/mol. The van der Waals surface area contributed by atoms with Crippen LogP contribution in [0, 0.1) is 17.0 Å². The molecule has 2 aromatic rings. The van der Waals surface area contributed by atoms with E-state index >= 15 is 0 Å². The van der Waals surface area contributed by atoms with E-state index in [0.717, 1.165) is 5.39 Å². The molecular weight excluding hydrogens is 236 g/mol. The van der Waals surface area contributed by atoms with Gasteiger partial charge in [0, 0.05) is 23.2 Å². The van der Waals surface area contributed by atoms with E-state index in [1.165, 1.54) is 10.6 Å². The second kappa shape index (κ2) is 4.48. The van der Waals surface area contributed by atoms with Crippen molar-refractivity contribution in [2.45, 2.75) is 13.8 Å². The van der Waals surface area contributed by atoms with Crippen molar-refractivity contribution in [2.24, 2.45) is 0 Å². The third-order valence-electron chi connectivity index (χ3n) is 2.67. The SMILES string of the molecule is CCOC(=O)n1ccc2cc(C)c([N+](=O)[O-])cc21. The highest BCUT2D eigenvalue weighted by Gasteiger charge is 2.16. The summed E-state index contributed by atoms with van der Waals surface area (Å²) in [7, 11) is 0. The molecule has 0 aliphatic rings. The molecule has 6 heteroatoms. The van der Waals surface area contributed by atoms with Gasteiger partial charge in [-0.3, -0.25) is 14.7 Å². The van der Waals surface area contributed by atoms with Crippen LogP contribution in [0.5, 0.6) is 0 Å². The zero-order chi connectivity index (χ0) is 13.3. The third kappa shape index (κ3) is 1.92. The summed E-state index contributed by atoms with van der Waals surface area (Å²) in [6.07, 6.45) is 1.01. The summed E-state index contributed by atoms with van der Waals surface area (Å²) in [5.41, 5.74) is 1.03. The number of hydrogen-bond acceptors (Lipinski definition) is 4. The normalized spacial score (nSPS) is 10.6. The molecule has 0 radical (unpaired) electrons. The Labute approximate surface area is 103 Å². The van der Waals surface area contributed by atoms with E-state index in [9.17, 15) is 14.9 Å². The van der Waals surface area contributed by atoms with Crippen LogP contribution in [-0.4, -0.2) is 22.2 Å². The van der Waals surface area contributed by atoms with Crippen LogP contribution < -0.4 is 0 Å². The molecule has 0 saturated heterocycles. The van der Waals surface area contributed by atoms with Crippen LogP contribution in [0.4, 0.5) is 10.5 Å². The highest BCUT2D eigenvalue weighted by Crippen LogP contribution is 2.26. The highest BCUT2D eigenvalue weighted by molar-refractivity contribution is 5.91. The third-order valence-corrected chi connectivity index (χ3v) is 2.67. The fourth-order valence-electron chi connectivity index (χ4n) is 1.83. The van der Waals surface area contributed by atoms with Crippen LogP contribution in [0.1, 0.15) is 12.5 Å². The van der Waals surface area contributed by atoms with Crippen molar-refractivity contribution >= 4 is 22.7 Å². The van der Waals surface area contributed by atoms with Gasteiger partial charge in [-0.1, -0.05) is 0 Å². The second-order valence-corrected chi connectivity index (χ2v) is 3.84.